The minimum absolute atomic E-state index is 0.409. The summed E-state index contributed by atoms with van der Waals surface area (Å²) >= 11 is 1.96. The lowest BCUT2D eigenvalue weighted by molar-refractivity contribution is 0.781. The molecule has 268 valence electrons. The van der Waals surface area contributed by atoms with E-state index in [9.17, 15) is 0 Å². The topological polar surface area (TPSA) is 3.24 Å². The molecule has 0 fully saturated rings. The van der Waals surface area contributed by atoms with E-state index in [4.69, 9.17) is 0 Å². The van der Waals surface area contributed by atoms with Crippen LogP contribution in [0.4, 0.5) is 17.1 Å². The van der Waals surface area contributed by atoms with Gasteiger partial charge < -0.3 is 4.90 Å². The average molecular weight is 744 g/mol. The van der Waals surface area contributed by atoms with Gasteiger partial charge in [0, 0.05) is 42.8 Å². The molecule has 1 unspecified atom stereocenters. The van der Waals surface area contributed by atoms with E-state index in [0.717, 1.165) is 29.9 Å². The molecule has 0 aliphatic heterocycles. The van der Waals surface area contributed by atoms with Crippen molar-refractivity contribution >= 4 is 54.1 Å². The van der Waals surface area contributed by atoms with Gasteiger partial charge in [0.1, 0.15) is 0 Å². The van der Waals surface area contributed by atoms with Crippen molar-refractivity contribution < 1.29 is 0 Å². The summed E-state index contributed by atoms with van der Waals surface area (Å²) in [5.41, 5.74) is 19.1. The van der Waals surface area contributed by atoms with E-state index in [2.05, 4.69) is 205 Å². The lowest BCUT2D eigenvalue weighted by Gasteiger charge is -2.33. The van der Waals surface area contributed by atoms with E-state index in [1.165, 1.54) is 87.0 Å². The molecule has 1 aromatic heterocycles. The van der Waals surface area contributed by atoms with Crippen molar-refractivity contribution in [2.75, 3.05) is 4.90 Å². The molecule has 0 amide bonds. The molecule has 3 aliphatic carbocycles. The highest BCUT2D eigenvalue weighted by Crippen LogP contribution is 2.65. The average Bonchev–Trinajstić information content (AvgIpc) is 3.92. The maximum Gasteiger partial charge on any atom is 0.0723 e. The molecular formula is C55H37NS. The van der Waals surface area contributed by atoms with Crippen LogP contribution in [0.2, 0.25) is 0 Å². The first-order chi connectivity index (χ1) is 28.3. The second kappa shape index (κ2) is 12.6. The predicted octanol–water partition coefficient (Wildman–Crippen LogP) is 15.3. The molecule has 0 radical (unpaired) electrons. The zero-order valence-electron chi connectivity index (χ0n) is 31.3. The zero-order valence-corrected chi connectivity index (χ0v) is 32.1. The molecule has 12 rings (SSSR count). The van der Waals surface area contributed by atoms with Gasteiger partial charge >= 0.3 is 0 Å². The molecular weight excluding hydrogens is 707 g/mol. The van der Waals surface area contributed by atoms with Crippen molar-refractivity contribution in [3.05, 3.63) is 228 Å². The highest BCUT2D eigenvalue weighted by Gasteiger charge is 2.53. The number of benzene rings is 8. The molecule has 8 aromatic carbocycles. The summed E-state index contributed by atoms with van der Waals surface area (Å²) in [6.45, 7) is 0. The second-order valence-electron chi connectivity index (χ2n) is 15.5. The highest BCUT2D eigenvalue weighted by molar-refractivity contribution is 7.26. The second-order valence-corrected chi connectivity index (χ2v) is 16.5. The van der Waals surface area contributed by atoms with Gasteiger partial charge in [-0.3, -0.25) is 0 Å². The Morgan fingerprint density at radius 1 is 0.456 bits per heavy atom. The Hall–Kier alpha value is -6.74. The molecule has 1 spiro atoms. The van der Waals surface area contributed by atoms with E-state index >= 15 is 0 Å². The number of nitrogens with zero attached hydrogens (tertiary/aromatic N) is 1. The SMILES string of the molecule is C1=CC2=C(CC1)c1c(ccc3c1sc1ccccc13)C21c2ccccc2-c2ccc(N(c3ccc(-c4ccccc4)cc3)c3ccc(-c4ccccc4)cc3)cc21. The maximum absolute atomic E-state index is 2.52. The van der Waals surface area contributed by atoms with Crippen LogP contribution in [0.1, 0.15) is 35.1 Å². The first-order valence-electron chi connectivity index (χ1n) is 20.0. The van der Waals surface area contributed by atoms with Crippen LogP contribution in [0.25, 0.3) is 59.1 Å². The van der Waals surface area contributed by atoms with Crippen molar-refractivity contribution in [3.63, 3.8) is 0 Å². The molecule has 9 aromatic rings. The van der Waals surface area contributed by atoms with Crippen molar-refractivity contribution in [1.82, 2.24) is 0 Å². The van der Waals surface area contributed by atoms with Gasteiger partial charge in [0.15, 0.2) is 0 Å². The van der Waals surface area contributed by atoms with Crippen molar-refractivity contribution in [2.24, 2.45) is 0 Å². The van der Waals surface area contributed by atoms with E-state index in [1.54, 1.807) is 0 Å². The summed E-state index contributed by atoms with van der Waals surface area (Å²) in [7, 11) is 0. The van der Waals surface area contributed by atoms with E-state index in [-0.39, 0.29) is 0 Å². The van der Waals surface area contributed by atoms with Crippen LogP contribution in [-0.2, 0) is 5.41 Å². The Bertz CT molecular complexity index is 3010. The zero-order chi connectivity index (χ0) is 37.5. The molecule has 0 saturated carbocycles. The normalized spacial score (nSPS) is 16.2. The van der Waals surface area contributed by atoms with Crippen LogP contribution in [0.5, 0.6) is 0 Å². The minimum atomic E-state index is -0.409. The summed E-state index contributed by atoms with van der Waals surface area (Å²) in [5, 5.41) is 2.73. The molecule has 0 bridgehead atoms. The van der Waals surface area contributed by atoms with Gasteiger partial charge in [-0.05, 0) is 117 Å². The Morgan fingerprint density at radius 2 is 1.05 bits per heavy atom. The fourth-order valence-electron chi connectivity index (χ4n) is 10.1. The van der Waals surface area contributed by atoms with Crippen LogP contribution < -0.4 is 4.90 Å². The molecule has 3 aliphatic rings. The number of allylic oxidation sites excluding steroid dienone is 4. The van der Waals surface area contributed by atoms with Gasteiger partial charge in [-0.25, -0.2) is 0 Å². The number of hydrogen-bond acceptors (Lipinski definition) is 2. The number of hydrogen-bond donors (Lipinski definition) is 0. The molecule has 57 heavy (non-hydrogen) atoms. The fourth-order valence-corrected chi connectivity index (χ4v) is 11.4. The molecule has 0 N–H and O–H groups in total. The Kier molecular flexibility index (Phi) is 7.21. The van der Waals surface area contributed by atoms with E-state index in [1.807, 2.05) is 11.3 Å². The maximum atomic E-state index is 2.52. The van der Waals surface area contributed by atoms with E-state index in [0.29, 0.717) is 0 Å². The molecule has 1 heterocycles. The first kappa shape index (κ1) is 32.5. The molecule has 1 atom stereocenters. The third kappa shape index (κ3) is 4.75. The number of fused-ring (bicyclic) bond motifs is 13. The smallest absolute Gasteiger partial charge is 0.0723 e. The third-order valence-corrected chi connectivity index (χ3v) is 13.8. The summed E-state index contributed by atoms with van der Waals surface area (Å²) in [5.74, 6) is 0. The van der Waals surface area contributed by atoms with Gasteiger partial charge in [-0.15, -0.1) is 11.3 Å². The largest absolute Gasteiger partial charge is 0.310 e. The molecule has 0 saturated heterocycles. The first-order valence-corrected chi connectivity index (χ1v) is 20.8. The van der Waals surface area contributed by atoms with Gasteiger partial charge in [0.25, 0.3) is 0 Å². The number of rotatable bonds is 5. The monoisotopic (exact) mass is 743 g/mol. The quantitative estimate of drug-likeness (QED) is 0.170. The van der Waals surface area contributed by atoms with E-state index < -0.39 is 5.41 Å². The van der Waals surface area contributed by atoms with Gasteiger partial charge in [0.2, 0.25) is 0 Å². The van der Waals surface area contributed by atoms with Crippen molar-refractivity contribution in [1.29, 1.82) is 0 Å². The Labute approximate surface area is 337 Å². The van der Waals surface area contributed by atoms with Crippen LogP contribution in [0.15, 0.2) is 206 Å². The minimum Gasteiger partial charge on any atom is -0.310 e. The highest BCUT2D eigenvalue weighted by atomic mass is 32.1. The standard InChI is InChI=1S/C55H37NS/c1-3-13-36(14-4-1)38-23-27-40(28-24-38)56(41-29-25-39(26-30-41)37-15-5-2-6-16-37)42-31-32-44-43-17-7-10-20-48(43)55(51(44)35-42)49-21-11-8-19-47(49)53-50(55)34-33-46-45-18-9-12-22-52(45)57-54(46)53/h1-7,9-18,20-35H,8,19H2. The number of anilines is 3. The molecule has 2 heteroatoms. The Morgan fingerprint density at radius 3 is 1.77 bits per heavy atom. The van der Waals surface area contributed by atoms with Crippen LogP contribution in [0, 0.1) is 0 Å². The lowest BCUT2D eigenvalue weighted by Crippen LogP contribution is -2.27. The van der Waals surface area contributed by atoms with Crippen LogP contribution in [0.3, 0.4) is 0 Å². The summed E-state index contributed by atoms with van der Waals surface area (Å²) in [4.78, 5) is 2.44. The van der Waals surface area contributed by atoms with Gasteiger partial charge in [-0.1, -0.05) is 158 Å². The third-order valence-electron chi connectivity index (χ3n) is 12.6. The summed E-state index contributed by atoms with van der Waals surface area (Å²) in [6.07, 6.45) is 7.00. The summed E-state index contributed by atoms with van der Waals surface area (Å²) in [6, 6.07) is 69.7. The van der Waals surface area contributed by atoms with Crippen LogP contribution >= 0.6 is 11.3 Å². The van der Waals surface area contributed by atoms with Crippen molar-refractivity contribution in [2.45, 2.75) is 18.3 Å². The predicted molar refractivity (Wildman–Crippen MR) is 242 cm³/mol. The van der Waals surface area contributed by atoms with Crippen molar-refractivity contribution in [3.8, 4) is 33.4 Å². The lowest BCUT2D eigenvalue weighted by atomic mass is 9.69. The fraction of sp³-hybridized carbons (Fsp3) is 0.0545. The Balaban J connectivity index is 1.09. The summed E-state index contributed by atoms with van der Waals surface area (Å²) < 4.78 is 2.78. The van der Waals surface area contributed by atoms with Gasteiger partial charge in [-0.2, -0.15) is 0 Å². The van der Waals surface area contributed by atoms with Crippen LogP contribution in [-0.4, -0.2) is 0 Å². The van der Waals surface area contributed by atoms with Gasteiger partial charge in [0.05, 0.1) is 5.41 Å². The number of thiophene rings is 1. The molecule has 1 nitrogen and oxygen atoms in total.